The molecule has 2 atom stereocenters. The highest BCUT2D eigenvalue weighted by atomic mass is 35.5. The van der Waals surface area contributed by atoms with Crippen LogP contribution in [0.1, 0.15) is 44.7 Å². The lowest BCUT2D eigenvalue weighted by Gasteiger charge is -2.33. The molecule has 0 aliphatic rings. The fourth-order valence-corrected chi connectivity index (χ4v) is 6.10. The van der Waals surface area contributed by atoms with E-state index in [0.29, 0.717) is 33.5 Å². The topological polar surface area (TPSA) is 86.8 Å². The number of aryl methyl sites for hydroxylation is 1. The Morgan fingerprint density at radius 2 is 1.59 bits per heavy atom. The molecule has 7 nitrogen and oxygen atoms in total. The second-order valence-electron chi connectivity index (χ2n) is 9.82. The van der Waals surface area contributed by atoms with Gasteiger partial charge in [0.05, 0.1) is 20.6 Å². The molecule has 11 heteroatoms. The van der Waals surface area contributed by atoms with Crippen LogP contribution in [0.15, 0.2) is 71.6 Å². The van der Waals surface area contributed by atoms with Gasteiger partial charge in [0, 0.05) is 17.6 Å². The van der Waals surface area contributed by atoms with Crippen molar-refractivity contribution >= 4 is 62.3 Å². The van der Waals surface area contributed by atoms with Crippen molar-refractivity contribution in [2.24, 2.45) is 0 Å². The Bertz CT molecular complexity index is 1480. The summed E-state index contributed by atoms with van der Waals surface area (Å²) in [5.41, 5.74) is 1.75. The summed E-state index contributed by atoms with van der Waals surface area (Å²) in [5, 5.41) is 3.91. The van der Waals surface area contributed by atoms with Gasteiger partial charge in [-0.05, 0) is 74.7 Å². The molecule has 3 rings (SSSR count). The fourth-order valence-electron chi connectivity index (χ4n) is 4.19. The number of carbonyl (C=O) groups is 2. The normalized spacial score (nSPS) is 12.9. The van der Waals surface area contributed by atoms with E-state index >= 15 is 0 Å². The predicted octanol–water partition coefficient (Wildman–Crippen LogP) is 6.87. The number of hydrogen-bond donors (Lipinski definition) is 1. The molecule has 220 valence electrons. The van der Waals surface area contributed by atoms with Crippen molar-refractivity contribution in [3.05, 3.63) is 92.9 Å². The maximum atomic E-state index is 14.1. The van der Waals surface area contributed by atoms with Crippen molar-refractivity contribution in [2.75, 3.05) is 10.8 Å². The molecule has 0 saturated heterocycles. The van der Waals surface area contributed by atoms with Gasteiger partial charge in [0.25, 0.3) is 10.0 Å². The SMILES string of the molecule is CCC(C)NC(=O)C(CC)N(Cc1ccc(Cl)c(Cl)c1)C(=O)CN(c1cccc(Cl)c1)S(=O)(=O)c1ccc(C)cc1. The molecule has 0 fully saturated rings. The lowest BCUT2D eigenvalue weighted by atomic mass is 10.1. The number of nitrogens with zero attached hydrogens (tertiary/aromatic N) is 2. The van der Waals surface area contributed by atoms with Gasteiger partial charge in [-0.3, -0.25) is 13.9 Å². The number of halogens is 3. The van der Waals surface area contributed by atoms with Crippen molar-refractivity contribution in [1.82, 2.24) is 10.2 Å². The standard InChI is InChI=1S/C30H34Cl3N3O4S/c1-5-21(4)34-30(38)28(6-2)35(18-22-12-15-26(32)27(33)16-22)29(37)19-36(24-9-7-8-23(31)17-24)41(39,40)25-13-10-20(3)11-14-25/h7-17,21,28H,5-6,18-19H2,1-4H3,(H,34,38). The van der Waals surface area contributed by atoms with Crippen LogP contribution in [0.25, 0.3) is 0 Å². The summed E-state index contributed by atoms with van der Waals surface area (Å²) in [5.74, 6) is -0.899. The summed E-state index contributed by atoms with van der Waals surface area (Å²) in [7, 11) is -4.19. The second-order valence-corrected chi connectivity index (χ2v) is 12.9. The molecule has 3 aromatic carbocycles. The van der Waals surface area contributed by atoms with E-state index in [1.54, 1.807) is 55.5 Å². The monoisotopic (exact) mass is 637 g/mol. The van der Waals surface area contributed by atoms with Gasteiger partial charge in [0.15, 0.2) is 0 Å². The van der Waals surface area contributed by atoms with E-state index in [2.05, 4.69) is 5.32 Å². The maximum Gasteiger partial charge on any atom is 0.264 e. The van der Waals surface area contributed by atoms with Gasteiger partial charge in [-0.15, -0.1) is 0 Å². The predicted molar refractivity (Wildman–Crippen MR) is 166 cm³/mol. The van der Waals surface area contributed by atoms with Gasteiger partial charge in [-0.25, -0.2) is 8.42 Å². The largest absolute Gasteiger partial charge is 0.352 e. The summed E-state index contributed by atoms with van der Waals surface area (Å²) in [6, 6.07) is 16.6. The summed E-state index contributed by atoms with van der Waals surface area (Å²) in [4.78, 5) is 28.9. The molecule has 0 radical (unpaired) electrons. The summed E-state index contributed by atoms with van der Waals surface area (Å²) in [6.45, 7) is 6.92. The first-order valence-corrected chi connectivity index (χ1v) is 15.8. The third-order valence-electron chi connectivity index (χ3n) is 6.71. The van der Waals surface area contributed by atoms with E-state index in [0.717, 1.165) is 9.87 Å². The zero-order chi connectivity index (χ0) is 30.3. The molecule has 0 aliphatic heterocycles. The Hall–Kier alpha value is -2.78. The zero-order valence-corrected chi connectivity index (χ0v) is 26.5. The van der Waals surface area contributed by atoms with E-state index in [4.69, 9.17) is 34.8 Å². The first kappa shape index (κ1) is 32.7. The number of amides is 2. The number of benzene rings is 3. The fraction of sp³-hybridized carbons (Fsp3) is 0.333. The van der Waals surface area contributed by atoms with E-state index in [-0.39, 0.29) is 29.1 Å². The summed E-state index contributed by atoms with van der Waals surface area (Å²) < 4.78 is 28.8. The molecular formula is C30H34Cl3N3O4S. The van der Waals surface area contributed by atoms with Crippen LogP contribution in [0.4, 0.5) is 5.69 Å². The Morgan fingerprint density at radius 3 is 2.17 bits per heavy atom. The van der Waals surface area contributed by atoms with Crippen molar-refractivity contribution < 1.29 is 18.0 Å². The lowest BCUT2D eigenvalue weighted by molar-refractivity contribution is -0.140. The molecule has 0 bridgehead atoms. The van der Waals surface area contributed by atoms with Crippen LogP contribution < -0.4 is 9.62 Å². The Labute approximate surface area is 257 Å². The highest BCUT2D eigenvalue weighted by Gasteiger charge is 2.34. The van der Waals surface area contributed by atoms with Gasteiger partial charge in [-0.2, -0.15) is 0 Å². The van der Waals surface area contributed by atoms with Crippen LogP contribution in [0.2, 0.25) is 15.1 Å². The smallest absolute Gasteiger partial charge is 0.264 e. The molecule has 0 spiro atoms. The van der Waals surface area contributed by atoms with E-state index in [1.807, 2.05) is 20.8 Å². The minimum Gasteiger partial charge on any atom is -0.352 e. The molecule has 2 amide bonds. The molecule has 0 heterocycles. The average Bonchev–Trinajstić information content (AvgIpc) is 2.93. The number of hydrogen-bond acceptors (Lipinski definition) is 4. The Morgan fingerprint density at radius 1 is 0.902 bits per heavy atom. The van der Waals surface area contributed by atoms with Crippen LogP contribution in [-0.2, 0) is 26.2 Å². The molecule has 2 unspecified atom stereocenters. The van der Waals surface area contributed by atoms with Crippen molar-refractivity contribution in [3.8, 4) is 0 Å². The van der Waals surface area contributed by atoms with Crippen LogP contribution >= 0.6 is 34.8 Å². The first-order valence-electron chi connectivity index (χ1n) is 13.3. The molecule has 1 N–H and O–H groups in total. The highest BCUT2D eigenvalue weighted by molar-refractivity contribution is 7.92. The summed E-state index contributed by atoms with van der Waals surface area (Å²) >= 11 is 18.6. The third-order valence-corrected chi connectivity index (χ3v) is 9.47. The summed E-state index contributed by atoms with van der Waals surface area (Å²) in [6.07, 6.45) is 1.01. The van der Waals surface area contributed by atoms with Crippen LogP contribution in [0.5, 0.6) is 0 Å². The van der Waals surface area contributed by atoms with Crippen molar-refractivity contribution in [2.45, 2.75) is 64.1 Å². The quantitative estimate of drug-likeness (QED) is 0.235. The first-order chi connectivity index (χ1) is 19.4. The molecular weight excluding hydrogens is 605 g/mol. The number of anilines is 1. The van der Waals surface area contributed by atoms with E-state index in [1.165, 1.54) is 23.1 Å². The minimum absolute atomic E-state index is 0.0100. The van der Waals surface area contributed by atoms with Gasteiger partial charge in [-0.1, -0.05) is 78.5 Å². The van der Waals surface area contributed by atoms with Gasteiger partial charge >= 0.3 is 0 Å². The maximum absolute atomic E-state index is 14.1. The van der Waals surface area contributed by atoms with Gasteiger partial charge in [0.2, 0.25) is 11.8 Å². The second kappa shape index (κ2) is 14.4. The molecule has 3 aromatic rings. The van der Waals surface area contributed by atoms with Crippen LogP contribution in [0.3, 0.4) is 0 Å². The average molecular weight is 639 g/mol. The van der Waals surface area contributed by atoms with Gasteiger partial charge < -0.3 is 10.2 Å². The van der Waals surface area contributed by atoms with E-state index < -0.39 is 28.5 Å². The van der Waals surface area contributed by atoms with Crippen LogP contribution in [0, 0.1) is 6.92 Å². The van der Waals surface area contributed by atoms with Crippen molar-refractivity contribution in [1.29, 1.82) is 0 Å². The van der Waals surface area contributed by atoms with Crippen LogP contribution in [-0.4, -0.2) is 43.8 Å². The number of sulfonamides is 1. The minimum atomic E-state index is -4.19. The van der Waals surface area contributed by atoms with E-state index in [9.17, 15) is 18.0 Å². The lowest BCUT2D eigenvalue weighted by Crippen LogP contribution is -2.53. The number of carbonyl (C=O) groups excluding carboxylic acids is 2. The highest BCUT2D eigenvalue weighted by Crippen LogP contribution is 2.28. The molecule has 0 aliphatic carbocycles. The number of nitrogens with one attached hydrogen (secondary N) is 1. The molecule has 0 saturated carbocycles. The Balaban J connectivity index is 2.08. The molecule has 41 heavy (non-hydrogen) atoms. The zero-order valence-electron chi connectivity index (χ0n) is 23.4. The Kier molecular flexibility index (Phi) is 11.5. The third kappa shape index (κ3) is 8.38. The van der Waals surface area contributed by atoms with Gasteiger partial charge in [0.1, 0.15) is 12.6 Å². The van der Waals surface area contributed by atoms with Crippen molar-refractivity contribution in [3.63, 3.8) is 0 Å². The molecule has 0 aromatic heterocycles. The number of rotatable bonds is 12.